The third-order valence-electron chi connectivity index (χ3n) is 3.77. The summed E-state index contributed by atoms with van der Waals surface area (Å²) in [5, 5.41) is 3.50. The summed E-state index contributed by atoms with van der Waals surface area (Å²) < 4.78 is 0. The summed E-state index contributed by atoms with van der Waals surface area (Å²) in [6.45, 7) is 4.68. The second-order valence-electron chi connectivity index (χ2n) is 5.43. The molecule has 16 heavy (non-hydrogen) atoms. The molecule has 0 bridgehead atoms. The predicted octanol–water partition coefficient (Wildman–Crippen LogP) is 4.29. The largest absolute Gasteiger partial charge is 0.317 e. The number of hydrogen-bond donors (Lipinski definition) is 1. The van der Waals surface area contributed by atoms with Gasteiger partial charge in [-0.15, -0.1) is 0 Å². The van der Waals surface area contributed by atoms with Crippen LogP contribution in [-0.4, -0.2) is 13.1 Å². The van der Waals surface area contributed by atoms with Gasteiger partial charge in [-0.3, -0.25) is 0 Å². The van der Waals surface area contributed by atoms with E-state index in [-0.39, 0.29) is 0 Å². The molecule has 2 unspecified atom stereocenters. The van der Waals surface area contributed by atoms with Crippen LogP contribution in [0.25, 0.3) is 0 Å². The molecule has 1 heteroatoms. The van der Waals surface area contributed by atoms with E-state index in [2.05, 4.69) is 32.3 Å². The van der Waals surface area contributed by atoms with Crippen molar-refractivity contribution in [1.29, 1.82) is 0 Å². The van der Waals surface area contributed by atoms with Crippen LogP contribution in [0.3, 0.4) is 0 Å². The summed E-state index contributed by atoms with van der Waals surface area (Å²) in [6, 6.07) is 0.700. The topological polar surface area (TPSA) is 12.0 Å². The fourth-order valence-electron chi connectivity index (χ4n) is 2.81. The van der Waals surface area contributed by atoms with Crippen LogP contribution < -0.4 is 5.32 Å². The normalized spacial score (nSPS) is 20.3. The Balaban J connectivity index is 2.32. The van der Waals surface area contributed by atoms with Gasteiger partial charge in [0, 0.05) is 6.04 Å². The third kappa shape index (κ3) is 5.16. The summed E-state index contributed by atoms with van der Waals surface area (Å²) in [7, 11) is 2.12. The van der Waals surface area contributed by atoms with Crippen molar-refractivity contribution >= 4 is 0 Å². The van der Waals surface area contributed by atoms with Crippen molar-refractivity contribution in [1.82, 2.24) is 5.32 Å². The lowest BCUT2D eigenvalue weighted by Gasteiger charge is -2.23. The molecule has 1 aliphatic rings. The van der Waals surface area contributed by atoms with Gasteiger partial charge >= 0.3 is 0 Å². The van der Waals surface area contributed by atoms with E-state index in [4.69, 9.17) is 0 Å². The number of rotatable bonds is 7. The molecule has 0 aliphatic heterocycles. The van der Waals surface area contributed by atoms with Crippen molar-refractivity contribution < 1.29 is 0 Å². The summed E-state index contributed by atoms with van der Waals surface area (Å²) in [5.74, 6) is 0.867. The molecule has 0 saturated carbocycles. The Bertz CT molecular complexity index is 207. The molecule has 1 N–H and O–H groups in total. The molecular weight excluding hydrogens is 194 g/mol. The van der Waals surface area contributed by atoms with Gasteiger partial charge < -0.3 is 5.32 Å². The van der Waals surface area contributed by atoms with Crippen LogP contribution in [0.4, 0.5) is 0 Å². The van der Waals surface area contributed by atoms with Crippen LogP contribution in [0, 0.1) is 5.92 Å². The Morgan fingerprint density at radius 3 is 2.75 bits per heavy atom. The Hall–Kier alpha value is -0.300. The minimum Gasteiger partial charge on any atom is -0.317 e. The summed E-state index contributed by atoms with van der Waals surface area (Å²) in [5.41, 5.74) is 1.70. The summed E-state index contributed by atoms with van der Waals surface area (Å²) in [6.07, 6.45) is 13.3. The molecule has 0 aromatic rings. The lowest BCUT2D eigenvalue weighted by molar-refractivity contribution is 0.392. The monoisotopic (exact) mass is 223 g/mol. The Morgan fingerprint density at radius 2 is 2.19 bits per heavy atom. The van der Waals surface area contributed by atoms with E-state index in [9.17, 15) is 0 Å². The van der Waals surface area contributed by atoms with Gasteiger partial charge in [0.15, 0.2) is 0 Å². The molecule has 0 radical (unpaired) electrons. The van der Waals surface area contributed by atoms with Crippen LogP contribution in [-0.2, 0) is 0 Å². The van der Waals surface area contributed by atoms with Crippen LogP contribution in [0.2, 0.25) is 0 Å². The van der Waals surface area contributed by atoms with E-state index in [0.29, 0.717) is 6.04 Å². The molecule has 0 saturated heterocycles. The van der Waals surface area contributed by atoms with Crippen molar-refractivity contribution in [3.63, 3.8) is 0 Å². The zero-order valence-electron chi connectivity index (χ0n) is 11.4. The molecule has 0 fully saturated rings. The molecule has 0 heterocycles. The Labute approximate surface area is 102 Å². The zero-order chi connectivity index (χ0) is 11.8. The van der Waals surface area contributed by atoms with Gasteiger partial charge in [0.1, 0.15) is 0 Å². The van der Waals surface area contributed by atoms with Crippen LogP contribution in [0.1, 0.15) is 65.2 Å². The Kier molecular flexibility index (Phi) is 6.79. The van der Waals surface area contributed by atoms with Crippen molar-refractivity contribution in [2.75, 3.05) is 7.05 Å². The summed E-state index contributed by atoms with van der Waals surface area (Å²) in [4.78, 5) is 0. The molecule has 1 aliphatic carbocycles. The minimum absolute atomic E-state index is 0.700. The van der Waals surface area contributed by atoms with Crippen molar-refractivity contribution in [3.05, 3.63) is 11.6 Å². The third-order valence-corrected chi connectivity index (χ3v) is 3.77. The first kappa shape index (κ1) is 13.8. The number of allylic oxidation sites excluding steroid dienone is 1. The van der Waals surface area contributed by atoms with Gasteiger partial charge in [-0.05, 0) is 51.5 Å². The molecule has 1 nitrogen and oxygen atoms in total. The minimum atomic E-state index is 0.700. The lowest BCUT2D eigenvalue weighted by Crippen LogP contribution is -2.28. The molecule has 1 rings (SSSR count). The average Bonchev–Trinajstić information content (AvgIpc) is 2.30. The van der Waals surface area contributed by atoms with Gasteiger partial charge in [0.25, 0.3) is 0 Å². The fourth-order valence-corrected chi connectivity index (χ4v) is 2.81. The Morgan fingerprint density at radius 1 is 1.38 bits per heavy atom. The first-order valence-electron chi connectivity index (χ1n) is 7.11. The zero-order valence-corrected chi connectivity index (χ0v) is 11.4. The molecule has 0 aromatic carbocycles. The smallest absolute Gasteiger partial charge is 0.0104 e. The fraction of sp³-hybridized carbons (Fsp3) is 0.867. The second kappa shape index (κ2) is 7.89. The molecule has 0 aromatic heterocycles. The van der Waals surface area contributed by atoms with E-state index in [1.54, 1.807) is 5.57 Å². The van der Waals surface area contributed by atoms with E-state index in [0.717, 1.165) is 5.92 Å². The second-order valence-corrected chi connectivity index (χ2v) is 5.43. The quantitative estimate of drug-likeness (QED) is 0.635. The van der Waals surface area contributed by atoms with Gasteiger partial charge in [0.2, 0.25) is 0 Å². The lowest BCUT2D eigenvalue weighted by atomic mass is 9.89. The molecule has 2 atom stereocenters. The highest BCUT2D eigenvalue weighted by molar-refractivity contribution is 5.07. The van der Waals surface area contributed by atoms with E-state index < -0.39 is 0 Å². The van der Waals surface area contributed by atoms with Crippen molar-refractivity contribution in [2.24, 2.45) is 5.92 Å². The van der Waals surface area contributed by atoms with Gasteiger partial charge in [0.05, 0.1) is 0 Å². The van der Waals surface area contributed by atoms with Crippen molar-refractivity contribution in [2.45, 2.75) is 71.3 Å². The maximum Gasteiger partial charge on any atom is 0.0104 e. The maximum atomic E-state index is 3.50. The van der Waals surface area contributed by atoms with Gasteiger partial charge in [-0.25, -0.2) is 0 Å². The van der Waals surface area contributed by atoms with Crippen LogP contribution in [0.5, 0.6) is 0 Å². The molecule has 94 valence electrons. The first-order chi connectivity index (χ1) is 7.76. The standard InChI is InChI=1S/C15H29N/c1-4-8-13(2)11-15(16-3)12-14-9-6-5-7-10-14/h9,13,15-16H,4-8,10-12H2,1-3H3. The molecule has 0 amide bonds. The SMILES string of the molecule is CCCC(C)CC(CC1=CCCCC1)NC. The van der Waals surface area contributed by atoms with Gasteiger partial charge in [-0.2, -0.15) is 0 Å². The number of hydrogen-bond acceptors (Lipinski definition) is 1. The van der Waals surface area contributed by atoms with Gasteiger partial charge in [-0.1, -0.05) is 38.3 Å². The van der Waals surface area contributed by atoms with E-state index in [1.807, 2.05) is 0 Å². The highest BCUT2D eigenvalue weighted by atomic mass is 14.9. The van der Waals surface area contributed by atoms with E-state index in [1.165, 1.54) is 51.4 Å². The maximum absolute atomic E-state index is 3.50. The molecule has 0 spiro atoms. The summed E-state index contributed by atoms with van der Waals surface area (Å²) >= 11 is 0. The molecular formula is C15H29N. The highest BCUT2D eigenvalue weighted by Gasteiger charge is 2.14. The average molecular weight is 223 g/mol. The van der Waals surface area contributed by atoms with Crippen molar-refractivity contribution in [3.8, 4) is 0 Å². The van der Waals surface area contributed by atoms with E-state index >= 15 is 0 Å². The van der Waals surface area contributed by atoms with Crippen LogP contribution >= 0.6 is 0 Å². The highest BCUT2D eigenvalue weighted by Crippen LogP contribution is 2.24. The van der Waals surface area contributed by atoms with Crippen LogP contribution in [0.15, 0.2) is 11.6 Å². The number of nitrogens with one attached hydrogen (secondary N) is 1. The first-order valence-corrected chi connectivity index (χ1v) is 7.11. The predicted molar refractivity (Wildman–Crippen MR) is 72.7 cm³/mol.